The van der Waals surface area contributed by atoms with Gasteiger partial charge < -0.3 is 0 Å². The van der Waals surface area contributed by atoms with Gasteiger partial charge in [0.2, 0.25) is 0 Å². The molecule has 4 aromatic rings. The van der Waals surface area contributed by atoms with E-state index in [1.807, 2.05) is 0 Å². The van der Waals surface area contributed by atoms with Crippen molar-refractivity contribution < 1.29 is 8.78 Å². The summed E-state index contributed by atoms with van der Waals surface area (Å²) in [4.78, 5) is 24.6. The predicted octanol–water partition coefficient (Wildman–Crippen LogP) is 2.19. The fourth-order valence-corrected chi connectivity index (χ4v) is 7.14. The summed E-state index contributed by atoms with van der Waals surface area (Å²) in [6.45, 7) is 1.21. The van der Waals surface area contributed by atoms with E-state index in [9.17, 15) is 18.4 Å². The van der Waals surface area contributed by atoms with Crippen LogP contribution in [0.5, 0.6) is 0 Å². The van der Waals surface area contributed by atoms with Crippen LogP contribution in [0.25, 0.3) is 19.3 Å². The normalized spacial score (nSPS) is 11.6. The van der Waals surface area contributed by atoms with E-state index in [-0.39, 0.29) is 52.2 Å². The number of aryl methyl sites for hydroxylation is 2. The molecule has 0 aliphatic carbocycles. The summed E-state index contributed by atoms with van der Waals surface area (Å²) in [6.07, 6.45) is 1.54. The van der Waals surface area contributed by atoms with Gasteiger partial charge in [-0.05, 0) is 0 Å². The van der Waals surface area contributed by atoms with Gasteiger partial charge in [0.25, 0.3) is 0 Å². The molecule has 0 unspecified atom stereocenters. The molecule has 0 aliphatic rings. The molecule has 0 amide bonds. The van der Waals surface area contributed by atoms with Crippen molar-refractivity contribution in [1.29, 1.82) is 0 Å². The van der Waals surface area contributed by atoms with E-state index in [1.54, 1.807) is 19.3 Å². The molecular formula is C18H14F2N2O2Se2. The quantitative estimate of drug-likeness (QED) is 0.321. The van der Waals surface area contributed by atoms with Gasteiger partial charge in [-0.1, -0.05) is 0 Å². The van der Waals surface area contributed by atoms with Crippen molar-refractivity contribution in [3.8, 4) is 0 Å². The summed E-state index contributed by atoms with van der Waals surface area (Å²) in [5.41, 5.74) is -0.215. The third-order valence-electron chi connectivity index (χ3n) is 4.19. The van der Waals surface area contributed by atoms with E-state index in [1.165, 1.54) is 24.3 Å². The van der Waals surface area contributed by atoms with Gasteiger partial charge in [0.1, 0.15) is 0 Å². The fraction of sp³-hybridized carbons (Fsp3) is 0.222. The van der Waals surface area contributed by atoms with Crippen molar-refractivity contribution in [3.63, 3.8) is 0 Å². The summed E-state index contributed by atoms with van der Waals surface area (Å²) in [6, 6.07) is 8.76. The summed E-state index contributed by atoms with van der Waals surface area (Å²) in [7, 11) is 0. The maximum absolute atomic E-state index is 13.3. The molecule has 0 bridgehead atoms. The first-order valence-electron chi connectivity index (χ1n) is 8.12. The monoisotopic (exact) mass is 488 g/mol. The van der Waals surface area contributed by atoms with E-state index in [2.05, 4.69) is 0 Å². The Balaban J connectivity index is 1.44. The molecule has 0 spiro atoms. The number of unbranched alkanes of at least 4 members (excludes halogenated alkanes) is 1. The van der Waals surface area contributed by atoms with Gasteiger partial charge in [-0.2, -0.15) is 0 Å². The zero-order valence-electron chi connectivity index (χ0n) is 13.6. The van der Waals surface area contributed by atoms with Gasteiger partial charge in [-0.3, -0.25) is 0 Å². The van der Waals surface area contributed by atoms with Crippen LogP contribution in [0.2, 0.25) is 0 Å². The first-order valence-corrected chi connectivity index (χ1v) is 11.4. The number of rotatable bonds is 5. The molecular weight excluding hydrogens is 472 g/mol. The van der Waals surface area contributed by atoms with E-state index >= 15 is 0 Å². The predicted molar refractivity (Wildman–Crippen MR) is 99.4 cm³/mol. The average Bonchev–Trinajstić information content (AvgIpc) is 3.10. The van der Waals surface area contributed by atoms with Crippen LogP contribution in [0.3, 0.4) is 0 Å². The number of benzene rings is 2. The third-order valence-corrected chi connectivity index (χ3v) is 8.89. The molecule has 8 heteroatoms. The van der Waals surface area contributed by atoms with Crippen molar-refractivity contribution in [2.75, 3.05) is 0 Å². The zero-order valence-corrected chi connectivity index (χ0v) is 17.0. The van der Waals surface area contributed by atoms with Crippen molar-refractivity contribution in [3.05, 3.63) is 68.7 Å². The van der Waals surface area contributed by atoms with Gasteiger partial charge in [0.15, 0.2) is 0 Å². The van der Waals surface area contributed by atoms with Crippen molar-refractivity contribution >= 4 is 48.8 Å². The molecule has 0 aliphatic heterocycles. The Labute approximate surface area is 159 Å². The molecule has 2 aromatic carbocycles. The van der Waals surface area contributed by atoms with Crippen LogP contribution < -0.4 is 11.1 Å². The minimum absolute atomic E-state index is 0.108. The first-order chi connectivity index (χ1) is 12.5. The molecule has 0 saturated heterocycles. The van der Waals surface area contributed by atoms with Crippen LogP contribution in [-0.2, 0) is 13.1 Å². The second-order valence-corrected chi connectivity index (χ2v) is 10.4. The Kier molecular flexibility index (Phi) is 4.84. The number of hydrogen-bond acceptors (Lipinski definition) is 2. The summed E-state index contributed by atoms with van der Waals surface area (Å²) >= 11 is -0.220. The molecule has 2 aromatic heterocycles. The number of fused-ring (bicyclic) bond motifs is 2. The Morgan fingerprint density at radius 2 is 1.15 bits per heavy atom. The van der Waals surface area contributed by atoms with E-state index in [0.29, 0.717) is 23.9 Å². The summed E-state index contributed by atoms with van der Waals surface area (Å²) in [5.74, 6) is -0.777. The second kappa shape index (κ2) is 7.12. The van der Waals surface area contributed by atoms with Crippen LogP contribution in [-0.4, -0.2) is 36.6 Å². The molecule has 4 nitrogen and oxygen atoms in total. The van der Waals surface area contributed by atoms with Crippen LogP contribution in [0.15, 0.2) is 46.0 Å². The molecule has 0 N–H and O–H groups in total. The number of hydrogen-bond donors (Lipinski definition) is 0. The number of nitrogens with zero attached hydrogens (tertiary/aromatic N) is 2. The van der Waals surface area contributed by atoms with E-state index < -0.39 is 0 Å². The molecule has 0 radical (unpaired) electrons. The SMILES string of the molecule is O=c1c2cc(F)ccc2[se]n1CCCCn1[se]c2ccc(F)cc2c1=O. The number of halogens is 2. The maximum atomic E-state index is 13.3. The Bertz CT molecular complexity index is 1120. The first kappa shape index (κ1) is 17.7. The molecule has 134 valence electrons. The fourth-order valence-electron chi connectivity index (χ4n) is 2.89. The van der Waals surface area contributed by atoms with Gasteiger partial charge in [0.05, 0.1) is 0 Å². The standard InChI is InChI=1S/C18H14F2N2O2Se2/c19-11-3-5-15-13(9-11)17(23)21(25-15)7-1-2-8-22-18(24)14-10-12(20)4-6-16(14)26-22/h3-6,9-10H,1-2,7-8H2. The molecule has 26 heavy (non-hydrogen) atoms. The van der Waals surface area contributed by atoms with Crippen LogP contribution >= 0.6 is 0 Å². The van der Waals surface area contributed by atoms with Crippen LogP contribution in [0.1, 0.15) is 12.8 Å². The average molecular weight is 486 g/mol. The van der Waals surface area contributed by atoms with E-state index in [0.717, 1.165) is 21.4 Å². The number of aromatic nitrogens is 2. The molecule has 2 heterocycles. The molecule has 0 atom stereocenters. The molecule has 0 fully saturated rings. The van der Waals surface area contributed by atoms with Crippen molar-refractivity contribution in [1.82, 2.24) is 7.12 Å². The Hall–Kier alpha value is -1.72. The third kappa shape index (κ3) is 3.30. The van der Waals surface area contributed by atoms with Crippen LogP contribution in [0, 0.1) is 11.6 Å². The molecule has 4 rings (SSSR count). The molecule has 0 saturated carbocycles. The summed E-state index contributed by atoms with van der Waals surface area (Å²) < 4.78 is 32.0. The van der Waals surface area contributed by atoms with Crippen molar-refractivity contribution in [2.45, 2.75) is 25.9 Å². The van der Waals surface area contributed by atoms with Gasteiger partial charge in [-0.25, -0.2) is 0 Å². The van der Waals surface area contributed by atoms with Crippen molar-refractivity contribution in [2.24, 2.45) is 0 Å². The van der Waals surface area contributed by atoms with Crippen LogP contribution in [0.4, 0.5) is 8.78 Å². The van der Waals surface area contributed by atoms with E-state index in [4.69, 9.17) is 0 Å². The topological polar surface area (TPSA) is 44.0 Å². The summed E-state index contributed by atoms with van der Waals surface area (Å²) in [5, 5.41) is 0.945. The van der Waals surface area contributed by atoms with Gasteiger partial charge in [0, 0.05) is 0 Å². The Morgan fingerprint density at radius 3 is 1.58 bits per heavy atom. The van der Waals surface area contributed by atoms with Gasteiger partial charge >= 0.3 is 159 Å². The zero-order chi connectivity index (χ0) is 18.3. The minimum atomic E-state index is -0.388. The second-order valence-electron chi connectivity index (χ2n) is 5.99. The Morgan fingerprint density at radius 1 is 0.731 bits per heavy atom. The van der Waals surface area contributed by atoms with Gasteiger partial charge in [-0.15, -0.1) is 0 Å².